The number of para-hydroxylation sites is 1. The summed E-state index contributed by atoms with van der Waals surface area (Å²) in [4.78, 5) is 155. The molecule has 2 heterocycles. The fraction of sp³-hybridized carbons (Fsp3) is 0.492. The number of rotatable bonds is 24. The van der Waals surface area contributed by atoms with E-state index in [0.29, 0.717) is 53.3 Å². The van der Waals surface area contributed by atoms with E-state index in [1.807, 2.05) is 19.9 Å². The molecule has 1 fully saturated rings. The number of ether oxygens (including phenoxy) is 1. The SMILES string of the molecule is CCCC[C@H](NC(=O)[C@H](Cc1c[nH]c2ccccc12)NC(=O)[C@@H]1CCCCNC(=O)CC[C@@H](NC(=O)OC(C)(C)C)C(=O)N[C@H](Cc2ccc(O)cc2)C(=O)N[C@@H](CCCC)C(=O)N1)C(=O)N[C@@H](CC(=O)O)C(=O)N[C@@H](Cc1ccccc1)C(N)=O. The second-order valence-electron chi connectivity index (χ2n) is 22.4. The number of aliphatic carboxylic acids is 1. The number of fused-ring (bicyclic) bond motifs is 1. The third-order valence-corrected chi connectivity index (χ3v) is 14.2. The standard InChI is InChI=1S/C61H83N11O14/c1-6-8-20-42-53(78)65-44(23-15-16-30-63-50(74)29-28-45(72-60(85)86-61(3,4)5)56(81)69-47(57(82)66-42)32-37-24-26-39(73)27-25-37)55(80)70-48(33-38-35-64-41-22-14-13-19-40(38)41)58(83)67-43(21-9-7-2)54(79)71-49(34-51(75)76)59(84)68-46(52(62)77)31-36-17-11-10-12-18-36/h10-14,17-19,22,24-27,35,42-49,64,73H,6-9,15-16,20-21,23,28-34H2,1-5H3,(H2,62,77)(H,63,74)(H,65,78)(H,66,82)(H,67,83)(H,68,84)(H,69,81)(H,70,80)(H,71,79)(H,72,85)(H,75,76)/t42-,43-,44-,45+,46-,47+,48-,49-/m0/s1. The van der Waals surface area contributed by atoms with Crippen molar-refractivity contribution in [3.8, 4) is 5.75 Å². The zero-order valence-corrected chi connectivity index (χ0v) is 49.4. The van der Waals surface area contributed by atoms with Gasteiger partial charge >= 0.3 is 12.1 Å². The van der Waals surface area contributed by atoms with Crippen molar-refractivity contribution < 1.29 is 67.7 Å². The number of carbonyl (C=O) groups is 11. The number of aromatic amines is 1. The summed E-state index contributed by atoms with van der Waals surface area (Å²) >= 11 is 0. The number of hydrogen-bond acceptors (Lipinski definition) is 13. The Balaban J connectivity index is 1.45. The summed E-state index contributed by atoms with van der Waals surface area (Å²) in [5, 5.41) is 44.6. The van der Waals surface area contributed by atoms with Gasteiger partial charge in [0.05, 0.1) is 6.42 Å². The van der Waals surface area contributed by atoms with Crippen LogP contribution in [0.3, 0.4) is 0 Å². The highest BCUT2D eigenvalue weighted by Crippen LogP contribution is 2.21. The number of aromatic hydroxyl groups is 1. The molecule has 25 heteroatoms. The highest BCUT2D eigenvalue weighted by Gasteiger charge is 2.36. The number of amides is 10. The molecule has 25 nitrogen and oxygen atoms in total. The van der Waals surface area contributed by atoms with Gasteiger partial charge in [0.15, 0.2) is 0 Å². The Hall–Kier alpha value is -9.03. The molecule has 1 aromatic heterocycles. The molecular weight excluding hydrogens is 1110 g/mol. The van der Waals surface area contributed by atoms with Crippen molar-refractivity contribution in [1.29, 1.82) is 0 Å². The molecule has 1 saturated heterocycles. The lowest BCUT2D eigenvalue weighted by atomic mass is 10.0. The third-order valence-electron chi connectivity index (χ3n) is 14.2. The van der Waals surface area contributed by atoms with Gasteiger partial charge < -0.3 is 73.5 Å². The molecule has 3 aromatic carbocycles. The Morgan fingerprint density at radius 2 is 1.31 bits per heavy atom. The predicted molar refractivity (Wildman–Crippen MR) is 317 cm³/mol. The minimum absolute atomic E-state index is 0.00424. The summed E-state index contributed by atoms with van der Waals surface area (Å²) in [6.07, 6.45) is 1.49. The van der Waals surface area contributed by atoms with E-state index >= 15 is 0 Å². The number of aromatic nitrogens is 1. The van der Waals surface area contributed by atoms with Crippen molar-refractivity contribution >= 4 is 76.1 Å². The van der Waals surface area contributed by atoms with E-state index < -0.39 is 126 Å². The van der Waals surface area contributed by atoms with Crippen LogP contribution >= 0.6 is 0 Å². The smallest absolute Gasteiger partial charge is 0.408 e. The highest BCUT2D eigenvalue weighted by molar-refractivity contribution is 5.99. The number of H-pyrrole nitrogens is 1. The highest BCUT2D eigenvalue weighted by atomic mass is 16.6. The summed E-state index contributed by atoms with van der Waals surface area (Å²) in [7, 11) is 0. The number of carbonyl (C=O) groups excluding carboxylic acids is 10. The molecule has 0 bridgehead atoms. The normalized spacial score (nSPS) is 18.8. The molecule has 1 aliphatic rings. The third kappa shape index (κ3) is 22.5. The molecule has 1 aliphatic heterocycles. The first-order chi connectivity index (χ1) is 40.9. The number of carboxylic acids is 1. The number of unbranched alkanes of at least 4 members (excludes halogenated alkanes) is 2. The molecule has 8 atom stereocenters. The number of nitrogens with two attached hydrogens (primary N) is 1. The van der Waals surface area contributed by atoms with Crippen LogP contribution in [0, 0.1) is 0 Å². The lowest BCUT2D eigenvalue weighted by Gasteiger charge is -2.28. The molecule has 4 aromatic rings. The quantitative estimate of drug-likeness (QED) is 0.0480. The van der Waals surface area contributed by atoms with Crippen molar-refractivity contribution in [3.63, 3.8) is 0 Å². The molecule has 0 aliphatic carbocycles. The maximum atomic E-state index is 14.9. The molecule has 14 N–H and O–H groups in total. The Kier molecular flexibility index (Phi) is 26.4. The molecule has 0 saturated carbocycles. The van der Waals surface area contributed by atoms with Gasteiger partial charge in [0, 0.05) is 49.3 Å². The van der Waals surface area contributed by atoms with E-state index in [0.717, 1.165) is 0 Å². The van der Waals surface area contributed by atoms with Crippen LogP contribution in [0.5, 0.6) is 5.75 Å². The number of alkyl carbamates (subject to hydrolysis) is 1. The van der Waals surface area contributed by atoms with E-state index in [-0.39, 0.29) is 76.5 Å². The molecular formula is C61H83N11O14. The lowest BCUT2D eigenvalue weighted by molar-refractivity contribution is -0.141. The van der Waals surface area contributed by atoms with Crippen LogP contribution in [0.25, 0.3) is 10.9 Å². The molecule has 0 unspecified atom stereocenters. The summed E-state index contributed by atoms with van der Waals surface area (Å²) in [6, 6.07) is 10.4. The van der Waals surface area contributed by atoms with Crippen LogP contribution in [0.1, 0.15) is 128 Å². The van der Waals surface area contributed by atoms with Crippen LogP contribution in [-0.4, -0.2) is 141 Å². The number of nitrogens with one attached hydrogen (secondary N) is 10. The minimum atomic E-state index is -1.73. The van der Waals surface area contributed by atoms with Crippen molar-refractivity contribution in [2.45, 2.75) is 185 Å². The Morgan fingerprint density at radius 1 is 0.686 bits per heavy atom. The first-order valence-electron chi connectivity index (χ1n) is 29.2. The van der Waals surface area contributed by atoms with Gasteiger partial charge in [-0.3, -0.25) is 47.9 Å². The summed E-state index contributed by atoms with van der Waals surface area (Å²) in [5.41, 5.74) is 7.13. The van der Waals surface area contributed by atoms with Crippen molar-refractivity contribution in [1.82, 2.24) is 52.8 Å². The maximum Gasteiger partial charge on any atom is 0.408 e. The number of carboxylic acid groups (broad SMARTS) is 1. The van der Waals surface area contributed by atoms with Gasteiger partial charge in [-0.1, -0.05) is 100 Å². The minimum Gasteiger partial charge on any atom is -0.508 e. The van der Waals surface area contributed by atoms with E-state index in [9.17, 15) is 63.0 Å². The van der Waals surface area contributed by atoms with Gasteiger partial charge in [0.25, 0.3) is 0 Å². The molecule has 5 rings (SSSR count). The maximum absolute atomic E-state index is 14.9. The van der Waals surface area contributed by atoms with Crippen LogP contribution < -0.4 is 53.6 Å². The average molecular weight is 1190 g/mol. The Morgan fingerprint density at radius 3 is 1.99 bits per heavy atom. The van der Waals surface area contributed by atoms with E-state index in [2.05, 4.69) is 52.8 Å². The van der Waals surface area contributed by atoms with Gasteiger partial charge in [-0.15, -0.1) is 0 Å². The zero-order valence-electron chi connectivity index (χ0n) is 49.4. The monoisotopic (exact) mass is 1190 g/mol. The largest absolute Gasteiger partial charge is 0.508 e. The second-order valence-corrected chi connectivity index (χ2v) is 22.4. The number of phenolic OH excluding ortho intramolecular Hbond substituents is 1. The van der Waals surface area contributed by atoms with Gasteiger partial charge in [-0.05, 0) is 94.2 Å². The van der Waals surface area contributed by atoms with Crippen LogP contribution in [0.4, 0.5) is 4.79 Å². The zero-order chi connectivity index (χ0) is 62.9. The molecule has 10 amide bonds. The van der Waals surface area contributed by atoms with E-state index in [4.69, 9.17) is 10.5 Å². The lowest BCUT2D eigenvalue weighted by Crippen LogP contribution is -2.61. The second kappa shape index (κ2) is 33.5. The first-order valence-corrected chi connectivity index (χ1v) is 29.2. The molecule has 86 heavy (non-hydrogen) atoms. The molecule has 0 radical (unpaired) electrons. The fourth-order valence-corrected chi connectivity index (χ4v) is 9.58. The molecule has 466 valence electrons. The van der Waals surface area contributed by atoms with Crippen LogP contribution in [-0.2, 0) is 71.9 Å². The van der Waals surface area contributed by atoms with E-state index in [1.165, 1.54) is 24.3 Å². The number of hydrogen-bond donors (Lipinski definition) is 13. The fourth-order valence-electron chi connectivity index (χ4n) is 9.58. The summed E-state index contributed by atoms with van der Waals surface area (Å²) in [5.74, 6) is -8.99. The van der Waals surface area contributed by atoms with Crippen LogP contribution in [0.2, 0.25) is 0 Å². The first kappa shape index (κ1) is 67.8. The number of benzene rings is 3. The molecule has 0 spiro atoms. The van der Waals surface area contributed by atoms with Gasteiger partial charge in [-0.2, -0.15) is 0 Å². The Labute approximate surface area is 499 Å². The predicted octanol–water partition coefficient (Wildman–Crippen LogP) is 2.61. The summed E-state index contributed by atoms with van der Waals surface area (Å²) in [6.45, 7) is 8.71. The topological polar surface area (TPSA) is 388 Å². The van der Waals surface area contributed by atoms with Crippen LogP contribution in [0.15, 0.2) is 85.1 Å². The summed E-state index contributed by atoms with van der Waals surface area (Å²) < 4.78 is 5.41. The Bertz CT molecular complexity index is 2980. The van der Waals surface area contributed by atoms with Gasteiger partial charge in [0.2, 0.25) is 53.2 Å². The van der Waals surface area contributed by atoms with Crippen molar-refractivity contribution in [2.24, 2.45) is 5.73 Å². The van der Waals surface area contributed by atoms with Crippen molar-refractivity contribution in [3.05, 3.63) is 102 Å². The van der Waals surface area contributed by atoms with E-state index in [1.54, 1.807) is 75.5 Å². The van der Waals surface area contributed by atoms with Gasteiger partial charge in [0.1, 0.15) is 59.7 Å². The van der Waals surface area contributed by atoms with Gasteiger partial charge in [-0.25, -0.2) is 4.79 Å². The number of primary amides is 1. The number of phenols is 1. The average Bonchev–Trinajstić information content (AvgIpc) is 2.82. The van der Waals surface area contributed by atoms with Crippen molar-refractivity contribution in [2.75, 3.05) is 6.54 Å².